The number of nitrogens with one attached hydrogen (secondary N) is 1. The van der Waals surface area contributed by atoms with E-state index >= 15 is 0 Å². The third kappa shape index (κ3) is 2.53. The van der Waals surface area contributed by atoms with Gasteiger partial charge in [-0.2, -0.15) is 5.10 Å². The van der Waals surface area contributed by atoms with Gasteiger partial charge in [0.2, 0.25) is 0 Å². The summed E-state index contributed by atoms with van der Waals surface area (Å²) >= 11 is 0. The zero-order chi connectivity index (χ0) is 17.8. The van der Waals surface area contributed by atoms with Crippen LogP contribution in [0.25, 0.3) is 0 Å². The summed E-state index contributed by atoms with van der Waals surface area (Å²) in [6.07, 6.45) is 2.19. The Morgan fingerprint density at radius 3 is 3.04 bits per heavy atom. The molecule has 9 nitrogen and oxygen atoms in total. The van der Waals surface area contributed by atoms with Gasteiger partial charge < -0.3 is 19.5 Å². The van der Waals surface area contributed by atoms with Crippen LogP contribution < -0.4 is 9.39 Å². The number of ether oxygens (including phenoxy) is 1. The first-order chi connectivity index (χ1) is 12.6. The molecule has 2 atom stereocenters. The largest absolute Gasteiger partial charge is 0.535 e. The number of aromatic carboxylic acids is 1. The molecule has 2 aliphatic heterocycles. The summed E-state index contributed by atoms with van der Waals surface area (Å²) in [4.78, 5) is 18.0. The smallest absolute Gasteiger partial charge is 0.526 e. The molecule has 0 spiro atoms. The fraction of sp³-hybridized carbons (Fsp3) is 0.438. The zero-order valence-corrected chi connectivity index (χ0v) is 13.8. The molecule has 1 saturated heterocycles. The molecule has 0 radical (unpaired) electrons. The lowest BCUT2D eigenvalue weighted by Crippen LogP contribution is -2.53. The van der Waals surface area contributed by atoms with E-state index in [-0.39, 0.29) is 34.9 Å². The van der Waals surface area contributed by atoms with Crippen LogP contribution in [0.15, 0.2) is 18.5 Å². The number of rotatable bonds is 5. The lowest BCUT2D eigenvalue weighted by Gasteiger charge is -2.38. The number of benzene rings is 1. The second kappa shape index (κ2) is 5.71. The number of H-pyrrole nitrogens is 1. The second-order valence-electron chi connectivity index (χ2n) is 7.04. The number of carboxylic acids is 1. The second-order valence-corrected chi connectivity index (χ2v) is 7.04. The van der Waals surface area contributed by atoms with Gasteiger partial charge in [0.05, 0.1) is 6.54 Å². The van der Waals surface area contributed by atoms with E-state index < -0.39 is 13.1 Å². The first-order valence-electron chi connectivity index (χ1n) is 8.58. The number of nitrogens with zero attached hydrogens (tertiary/aromatic N) is 3. The van der Waals surface area contributed by atoms with Gasteiger partial charge >= 0.3 is 13.1 Å². The van der Waals surface area contributed by atoms with Crippen molar-refractivity contribution in [3.05, 3.63) is 35.4 Å². The van der Waals surface area contributed by atoms with Crippen LogP contribution >= 0.6 is 0 Å². The van der Waals surface area contributed by atoms with Gasteiger partial charge in [-0.1, -0.05) is 6.07 Å². The van der Waals surface area contributed by atoms with Crippen LogP contribution in [0.3, 0.4) is 0 Å². The summed E-state index contributed by atoms with van der Waals surface area (Å²) in [6.45, 7) is 1.99. The summed E-state index contributed by atoms with van der Waals surface area (Å²) in [5.41, 5.74) is 0.853. The minimum Gasteiger partial charge on any atom is -0.535 e. The van der Waals surface area contributed by atoms with Crippen LogP contribution in [0.1, 0.15) is 34.1 Å². The maximum Gasteiger partial charge on any atom is 0.526 e. The highest BCUT2D eigenvalue weighted by Crippen LogP contribution is 2.60. The van der Waals surface area contributed by atoms with Crippen molar-refractivity contribution in [2.75, 3.05) is 13.1 Å². The molecular weight excluding hydrogens is 339 g/mol. The van der Waals surface area contributed by atoms with E-state index in [1.807, 2.05) is 6.07 Å². The number of aromatic nitrogens is 3. The molecule has 0 unspecified atom stereocenters. The summed E-state index contributed by atoms with van der Waals surface area (Å²) in [5.74, 6) is 0.464. The average Bonchev–Trinajstić information content (AvgIpc) is 3.22. The molecule has 134 valence electrons. The normalized spacial score (nSPS) is 24.3. The third-order valence-corrected chi connectivity index (χ3v) is 5.26. The predicted octanol–water partition coefficient (Wildman–Crippen LogP) is 0.496. The zero-order valence-electron chi connectivity index (χ0n) is 13.8. The first-order valence-corrected chi connectivity index (χ1v) is 8.58. The highest BCUT2D eigenvalue weighted by Gasteiger charge is 2.54. The van der Waals surface area contributed by atoms with E-state index in [1.54, 1.807) is 6.07 Å². The predicted molar refractivity (Wildman–Crippen MR) is 89.2 cm³/mol. The quantitative estimate of drug-likeness (QED) is 0.662. The summed E-state index contributed by atoms with van der Waals surface area (Å²) in [6, 6.07) is 3.57. The Kier molecular flexibility index (Phi) is 3.44. The van der Waals surface area contributed by atoms with Crippen molar-refractivity contribution >= 4 is 13.1 Å². The van der Waals surface area contributed by atoms with Crippen molar-refractivity contribution in [2.24, 2.45) is 0 Å². The monoisotopic (exact) mass is 356 g/mol. The van der Waals surface area contributed by atoms with Gasteiger partial charge in [0, 0.05) is 18.9 Å². The molecule has 1 aromatic carbocycles. The lowest BCUT2D eigenvalue weighted by atomic mass is 9.77. The van der Waals surface area contributed by atoms with Crippen LogP contribution in [0.5, 0.6) is 11.5 Å². The third-order valence-electron chi connectivity index (χ3n) is 5.26. The number of fused-ring (bicyclic) bond motifs is 3. The fourth-order valence-corrected chi connectivity index (χ4v) is 3.82. The molecule has 3 heterocycles. The fourth-order valence-electron chi connectivity index (χ4n) is 3.82. The Morgan fingerprint density at radius 2 is 2.31 bits per heavy atom. The van der Waals surface area contributed by atoms with Crippen LogP contribution in [-0.4, -0.2) is 62.5 Å². The van der Waals surface area contributed by atoms with E-state index in [0.717, 1.165) is 17.8 Å². The standard InChI is InChI=1S/C16H17BN4O5/c22-16(23)14-12(2-1-9-10-3-11(10)17(24)26-15(9)14)25-8-4-21(5-8)6-13-18-7-19-20-13/h1-2,7-8,10-11,24H,3-6H2,(H,22,23)(H,18,19,20)/t10-,11-/m1/s1. The van der Waals surface area contributed by atoms with Gasteiger partial charge in [-0.3, -0.25) is 10.00 Å². The SMILES string of the molecule is O=C(O)c1c(OC2CN(Cc3ncn[nH]3)C2)ccc2c1OB(O)[C@@H]1C[C@H]21. The summed E-state index contributed by atoms with van der Waals surface area (Å²) in [5, 5.41) is 26.3. The molecule has 3 N–H and O–H groups in total. The average molecular weight is 356 g/mol. The molecular formula is C16H17BN4O5. The number of likely N-dealkylation sites (tertiary alicyclic amines) is 1. The van der Waals surface area contributed by atoms with Gasteiger partial charge in [-0.25, -0.2) is 9.78 Å². The van der Waals surface area contributed by atoms with Crippen molar-refractivity contribution in [1.29, 1.82) is 0 Å². The minimum atomic E-state index is -1.11. The van der Waals surface area contributed by atoms with Crippen molar-refractivity contribution in [2.45, 2.75) is 30.8 Å². The number of carbonyl (C=O) groups is 1. The number of carboxylic acid groups (broad SMARTS) is 1. The van der Waals surface area contributed by atoms with Crippen molar-refractivity contribution in [3.63, 3.8) is 0 Å². The Labute approximate surface area is 149 Å². The number of hydrogen-bond donors (Lipinski definition) is 3. The number of aromatic amines is 1. The Bertz CT molecular complexity index is 855. The molecule has 3 aliphatic rings. The van der Waals surface area contributed by atoms with Gasteiger partial charge in [0.15, 0.2) is 0 Å². The Hall–Kier alpha value is -2.59. The van der Waals surface area contributed by atoms with Crippen molar-refractivity contribution in [3.8, 4) is 11.5 Å². The molecule has 2 fully saturated rings. The lowest BCUT2D eigenvalue weighted by molar-refractivity contribution is 0.0120. The Balaban J connectivity index is 1.32. The van der Waals surface area contributed by atoms with Crippen molar-refractivity contribution in [1.82, 2.24) is 20.1 Å². The minimum absolute atomic E-state index is 0.000541. The van der Waals surface area contributed by atoms with Crippen molar-refractivity contribution < 1.29 is 24.3 Å². The Morgan fingerprint density at radius 1 is 1.46 bits per heavy atom. The molecule has 0 amide bonds. The van der Waals surface area contributed by atoms with E-state index in [4.69, 9.17) is 9.39 Å². The highest BCUT2D eigenvalue weighted by molar-refractivity contribution is 6.48. The van der Waals surface area contributed by atoms with E-state index in [9.17, 15) is 14.9 Å². The molecule has 10 heteroatoms. The van der Waals surface area contributed by atoms with Gasteiger partial charge in [0.25, 0.3) is 0 Å². The van der Waals surface area contributed by atoms with Crippen LogP contribution in [0.2, 0.25) is 5.82 Å². The molecule has 26 heavy (non-hydrogen) atoms. The maximum absolute atomic E-state index is 11.8. The summed E-state index contributed by atoms with van der Waals surface area (Å²) < 4.78 is 11.4. The summed E-state index contributed by atoms with van der Waals surface area (Å²) in [7, 11) is -0.943. The molecule has 1 aromatic heterocycles. The molecule has 5 rings (SSSR count). The van der Waals surface area contributed by atoms with Crippen LogP contribution in [0.4, 0.5) is 0 Å². The molecule has 1 aliphatic carbocycles. The van der Waals surface area contributed by atoms with E-state index in [0.29, 0.717) is 19.6 Å². The first kappa shape index (κ1) is 15.7. The van der Waals surface area contributed by atoms with E-state index in [1.165, 1.54) is 6.33 Å². The molecule has 2 aromatic rings. The van der Waals surface area contributed by atoms with Gasteiger partial charge in [-0.15, -0.1) is 0 Å². The maximum atomic E-state index is 11.8. The number of hydrogen-bond acceptors (Lipinski definition) is 7. The topological polar surface area (TPSA) is 121 Å². The van der Waals surface area contributed by atoms with Gasteiger partial charge in [-0.05, 0) is 24.0 Å². The highest BCUT2D eigenvalue weighted by atomic mass is 16.5. The van der Waals surface area contributed by atoms with Crippen LogP contribution in [0, 0.1) is 0 Å². The molecule has 0 bridgehead atoms. The van der Waals surface area contributed by atoms with Crippen LogP contribution in [-0.2, 0) is 6.54 Å². The van der Waals surface area contributed by atoms with E-state index in [2.05, 4.69) is 20.1 Å². The molecule has 1 saturated carbocycles. The van der Waals surface area contributed by atoms with Gasteiger partial charge in [0.1, 0.15) is 35.3 Å².